The molecule has 3 aromatic rings. The summed E-state index contributed by atoms with van der Waals surface area (Å²) in [5, 5.41) is 7.50. The quantitative estimate of drug-likeness (QED) is 0.596. The Labute approximate surface area is 176 Å². The van der Waals surface area contributed by atoms with Crippen molar-refractivity contribution in [1.29, 1.82) is 0 Å². The lowest BCUT2D eigenvalue weighted by Gasteiger charge is -2.13. The molecule has 1 N–H and O–H groups in total. The van der Waals surface area contributed by atoms with Crippen molar-refractivity contribution < 1.29 is 9.18 Å². The van der Waals surface area contributed by atoms with E-state index < -0.39 is 11.1 Å². The van der Waals surface area contributed by atoms with Gasteiger partial charge in [0.25, 0.3) is 5.56 Å². The van der Waals surface area contributed by atoms with Gasteiger partial charge in [0.2, 0.25) is 5.91 Å². The smallest absolute Gasteiger partial charge is 0.271 e. The predicted octanol–water partition coefficient (Wildman–Crippen LogP) is 4.13. The Bertz CT molecular complexity index is 1090. The normalized spacial score (nSPS) is 11.9. The van der Waals surface area contributed by atoms with Crippen molar-refractivity contribution in [2.75, 3.05) is 0 Å². The van der Waals surface area contributed by atoms with Crippen LogP contribution in [0.4, 0.5) is 4.39 Å². The van der Waals surface area contributed by atoms with Crippen molar-refractivity contribution in [2.24, 2.45) is 0 Å². The molecule has 0 aliphatic heterocycles. The monoisotopic (exact) mass is 431 g/mol. The van der Waals surface area contributed by atoms with Gasteiger partial charge in [-0.2, -0.15) is 9.78 Å². The van der Waals surface area contributed by atoms with Crippen molar-refractivity contribution in [3.05, 3.63) is 86.9 Å². The molecule has 0 spiro atoms. The minimum atomic E-state index is -0.453. The minimum Gasteiger partial charge on any atom is -0.351 e. The molecule has 0 saturated heterocycles. The van der Waals surface area contributed by atoms with E-state index in [0.717, 1.165) is 5.56 Å². The maximum Gasteiger partial charge on any atom is 0.271 e. The Morgan fingerprint density at radius 1 is 1.21 bits per heavy atom. The number of aryl methyl sites for hydroxylation is 1. The van der Waals surface area contributed by atoms with Crippen molar-refractivity contribution in [3.63, 3.8) is 0 Å². The van der Waals surface area contributed by atoms with Crippen molar-refractivity contribution >= 4 is 29.3 Å². The molecule has 150 valence electrons. The number of amides is 1. The van der Waals surface area contributed by atoms with Crippen LogP contribution in [0.25, 0.3) is 5.69 Å². The fourth-order valence-corrected chi connectivity index (χ4v) is 3.62. The molecule has 0 radical (unpaired) electrons. The first-order valence-corrected chi connectivity index (χ1v) is 10.1. The second-order valence-electron chi connectivity index (χ2n) is 6.47. The third-order valence-electron chi connectivity index (χ3n) is 4.19. The molecule has 3 rings (SSSR count). The summed E-state index contributed by atoms with van der Waals surface area (Å²) in [7, 11) is 0. The number of carbonyl (C=O) groups is 1. The van der Waals surface area contributed by atoms with E-state index in [1.54, 1.807) is 13.0 Å². The van der Waals surface area contributed by atoms with Crippen LogP contribution in [0.15, 0.2) is 64.4 Å². The molecular formula is C21H19ClFN3O2S. The van der Waals surface area contributed by atoms with Gasteiger partial charge in [0.1, 0.15) is 10.8 Å². The first-order chi connectivity index (χ1) is 13.8. The van der Waals surface area contributed by atoms with E-state index >= 15 is 0 Å². The molecular weight excluding hydrogens is 413 g/mol. The predicted molar refractivity (Wildman–Crippen MR) is 113 cm³/mol. The Hall–Kier alpha value is -2.64. The van der Waals surface area contributed by atoms with Gasteiger partial charge in [0.05, 0.1) is 10.9 Å². The number of halogens is 2. The highest BCUT2D eigenvalue weighted by atomic mass is 35.5. The Morgan fingerprint density at radius 3 is 2.62 bits per heavy atom. The summed E-state index contributed by atoms with van der Waals surface area (Å²) in [6.45, 7) is 3.90. The van der Waals surface area contributed by atoms with E-state index in [1.165, 1.54) is 40.7 Å². The van der Waals surface area contributed by atoms with Crippen LogP contribution < -0.4 is 10.9 Å². The van der Waals surface area contributed by atoms with E-state index in [0.29, 0.717) is 16.3 Å². The molecule has 0 aliphatic carbocycles. The summed E-state index contributed by atoms with van der Waals surface area (Å²) in [6.07, 6.45) is 0. The lowest BCUT2D eigenvalue weighted by atomic mass is 10.2. The number of carbonyl (C=O) groups excluding carboxylic acids is 1. The Morgan fingerprint density at radius 2 is 1.93 bits per heavy atom. The van der Waals surface area contributed by atoms with Crippen LogP contribution in [0, 0.1) is 12.7 Å². The van der Waals surface area contributed by atoms with Gasteiger partial charge in [-0.25, -0.2) is 4.39 Å². The summed E-state index contributed by atoms with van der Waals surface area (Å²) < 4.78 is 14.4. The number of aromatic nitrogens is 2. The van der Waals surface area contributed by atoms with Gasteiger partial charge in [-0.05, 0) is 49.7 Å². The zero-order chi connectivity index (χ0) is 21.0. The number of hydrogen-bond acceptors (Lipinski definition) is 4. The van der Waals surface area contributed by atoms with Crippen LogP contribution in [0.3, 0.4) is 0 Å². The van der Waals surface area contributed by atoms with Crippen LogP contribution in [0.1, 0.15) is 18.1 Å². The standard InChI is InChI=1S/C21H19ClFN3O2S/c1-13-3-7-17(8-4-13)26-20(27)10-9-19(25-26)29-14(2)21(28)24-12-15-5-6-16(23)11-18(15)22/h3-11,14H,12H2,1-2H3,(H,24,28)/t14-/m1/s1. The molecule has 0 saturated carbocycles. The Balaban J connectivity index is 1.67. The van der Waals surface area contributed by atoms with Gasteiger partial charge in [-0.15, -0.1) is 0 Å². The molecule has 5 nitrogen and oxygen atoms in total. The van der Waals surface area contributed by atoms with Crippen LogP contribution >= 0.6 is 23.4 Å². The topological polar surface area (TPSA) is 64.0 Å². The van der Waals surface area contributed by atoms with E-state index in [4.69, 9.17) is 11.6 Å². The summed E-state index contributed by atoms with van der Waals surface area (Å²) in [4.78, 5) is 24.6. The lowest BCUT2D eigenvalue weighted by molar-refractivity contribution is -0.120. The average Bonchev–Trinajstić information content (AvgIpc) is 2.69. The van der Waals surface area contributed by atoms with Gasteiger partial charge in [-0.3, -0.25) is 9.59 Å². The second kappa shape index (κ2) is 9.24. The summed E-state index contributed by atoms with van der Waals surface area (Å²) in [6, 6.07) is 14.5. The van der Waals surface area contributed by atoms with Crippen LogP contribution in [0.5, 0.6) is 0 Å². The van der Waals surface area contributed by atoms with Gasteiger partial charge in [0.15, 0.2) is 0 Å². The molecule has 2 aromatic carbocycles. The fraction of sp³-hybridized carbons (Fsp3) is 0.190. The number of benzene rings is 2. The second-order valence-corrected chi connectivity index (χ2v) is 8.24. The third kappa shape index (κ3) is 5.46. The molecule has 1 aromatic heterocycles. The van der Waals surface area contributed by atoms with Gasteiger partial charge in [-0.1, -0.05) is 47.1 Å². The highest BCUT2D eigenvalue weighted by Crippen LogP contribution is 2.21. The maximum atomic E-state index is 13.1. The van der Waals surface area contributed by atoms with E-state index in [1.807, 2.05) is 31.2 Å². The average molecular weight is 432 g/mol. The SMILES string of the molecule is Cc1ccc(-n2nc(S[C@H](C)C(=O)NCc3ccc(F)cc3Cl)ccc2=O)cc1. The first kappa shape index (κ1) is 21.1. The van der Waals surface area contributed by atoms with E-state index in [-0.39, 0.29) is 23.0 Å². The number of rotatable bonds is 6. The van der Waals surface area contributed by atoms with Crippen molar-refractivity contribution in [1.82, 2.24) is 15.1 Å². The fourth-order valence-electron chi connectivity index (χ4n) is 2.55. The zero-order valence-electron chi connectivity index (χ0n) is 15.9. The van der Waals surface area contributed by atoms with E-state index in [2.05, 4.69) is 10.4 Å². The van der Waals surface area contributed by atoms with Crippen LogP contribution in [-0.4, -0.2) is 20.9 Å². The van der Waals surface area contributed by atoms with Crippen molar-refractivity contribution in [3.8, 4) is 5.69 Å². The number of thioether (sulfide) groups is 1. The van der Waals surface area contributed by atoms with E-state index in [9.17, 15) is 14.0 Å². The molecule has 0 aliphatic rings. The number of nitrogens with one attached hydrogen (secondary N) is 1. The third-order valence-corrected chi connectivity index (χ3v) is 5.57. The molecule has 0 unspecified atom stereocenters. The van der Waals surface area contributed by atoms with Gasteiger partial charge < -0.3 is 5.32 Å². The zero-order valence-corrected chi connectivity index (χ0v) is 17.4. The molecule has 1 atom stereocenters. The van der Waals surface area contributed by atoms with Gasteiger partial charge in [0, 0.05) is 17.6 Å². The summed E-state index contributed by atoms with van der Waals surface area (Å²) in [5.74, 6) is -0.644. The molecule has 29 heavy (non-hydrogen) atoms. The maximum absolute atomic E-state index is 13.1. The van der Waals surface area contributed by atoms with Crippen LogP contribution in [-0.2, 0) is 11.3 Å². The van der Waals surface area contributed by atoms with Crippen LogP contribution in [0.2, 0.25) is 5.02 Å². The minimum absolute atomic E-state index is 0.194. The lowest BCUT2D eigenvalue weighted by Crippen LogP contribution is -2.30. The van der Waals surface area contributed by atoms with Gasteiger partial charge >= 0.3 is 0 Å². The summed E-state index contributed by atoms with van der Waals surface area (Å²) >= 11 is 7.22. The number of nitrogens with zero attached hydrogens (tertiary/aromatic N) is 2. The molecule has 0 fully saturated rings. The number of hydrogen-bond donors (Lipinski definition) is 1. The molecule has 1 heterocycles. The highest BCUT2D eigenvalue weighted by Gasteiger charge is 2.16. The first-order valence-electron chi connectivity index (χ1n) is 8.89. The highest BCUT2D eigenvalue weighted by molar-refractivity contribution is 8.00. The molecule has 1 amide bonds. The Kier molecular flexibility index (Phi) is 6.71. The molecule has 8 heteroatoms. The van der Waals surface area contributed by atoms with Crippen molar-refractivity contribution in [2.45, 2.75) is 30.7 Å². The largest absolute Gasteiger partial charge is 0.351 e. The molecule has 0 bridgehead atoms. The summed E-state index contributed by atoms with van der Waals surface area (Å²) in [5.41, 5.74) is 2.12.